The Labute approximate surface area is 281 Å². The van der Waals surface area contributed by atoms with E-state index < -0.39 is 0 Å². The lowest BCUT2D eigenvalue weighted by Crippen LogP contribution is -2.44. The highest BCUT2D eigenvalue weighted by Gasteiger charge is 2.34. The topological polar surface area (TPSA) is 122 Å². The van der Waals surface area contributed by atoms with E-state index in [9.17, 15) is 19.2 Å². The van der Waals surface area contributed by atoms with Crippen molar-refractivity contribution in [3.05, 3.63) is 126 Å². The Morgan fingerprint density at radius 2 is 1.00 bits per heavy atom. The predicted molar refractivity (Wildman–Crippen MR) is 185 cm³/mol. The molecule has 2 aliphatic heterocycles. The van der Waals surface area contributed by atoms with Crippen molar-refractivity contribution in [3.8, 4) is 11.4 Å². The van der Waals surface area contributed by atoms with Crippen LogP contribution in [0.15, 0.2) is 104 Å². The van der Waals surface area contributed by atoms with Crippen LogP contribution in [0.3, 0.4) is 0 Å². The highest BCUT2D eigenvalue weighted by molar-refractivity contribution is 6.27. The summed E-state index contributed by atoms with van der Waals surface area (Å²) in [5.74, 6) is -1.15. The zero-order chi connectivity index (χ0) is 33.5. The third-order valence-electron chi connectivity index (χ3n) is 9.33. The minimum Gasteiger partial charge on any atom is -0.323 e. The third-order valence-corrected chi connectivity index (χ3v) is 9.33. The van der Waals surface area contributed by atoms with Gasteiger partial charge in [0.2, 0.25) is 0 Å². The summed E-state index contributed by atoms with van der Waals surface area (Å²) in [6, 6.07) is 22.4. The number of rotatable bonds is 12. The Bertz CT molecular complexity index is 2060. The molecule has 4 heterocycles. The molecule has 0 saturated heterocycles. The van der Waals surface area contributed by atoms with Crippen molar-refractivity contribution in [2.75, 3.05) is 39.3 Å². The summed E-state index contributed by atoms with van der Waals surface area (Å²) >= 11 is 0. The smallest absolute Gasteiger partial charge is 0.261 e. The van der Waals surface area contributed by atoms with E-state index >= 15 is 0 Å². The molecule has 2 aliphatic rings. The van der Waals surface area contributed by atoms with E-state index in [4.69, 9.17) is 0 Å². The number of amides is 4. The Kier molecular flexibility index (Phi) is 7.83. The zero-order valence-corrected chi connectivity index (χ0v) is 26.6. The molecule has 0 aliphatic carbocycles. The van der Waals surface area contributed by atoms with Gasteiger partial charge in [0.25, 0.3) is 23.6 Å². The van der Waals surface area contributed by atoms with Crippen LogP contribution in [0.5, 0.6) is 0 Å². The van der Waals surface area contributed by atoms with Crippen LogP contribution in [0.25, 0.3) is 32.9 Å². The Hall–Kier alpha value is -5.91. The number of aromatic nitrogens is 3. The lowest BCUT2D eigenvalue weighted by Gasteiger charge is -2.28. The predicted octanol–water partition coefficient (Wildman–Crippen LogP) is 4.43. The molecule has 11 nitrogen and oxygen atoms in total. The van der Waals surface area contributed by atoms with Crippen LogP contribution in [0.1, 0.15) is 47.9 Å². The van der Waals surface area contributed by atoms with Gasteiger partial charge in [-0.15, -0.1) is 0 Å². The molecular formula is C38H33N7O4. The molecule has 0 bridgehead atoms. The number of imide groups is 2. The normalized spacial score (nSPS) is 14.1. The van der Waals surface area contributed by atoms with Crippen LogP contribution >= 0.6 is 0 Å². The Morgan fingerprint density at radius 1 is 0.510 bits per heavy atom. The van der Waals surface area contributed by atoms with E-state index in [0.717, 1.165) is 28.6 Å². The summed E-state index contributed by atoms with van der Waals surface area (Å²) in [7, 11) is 0. The summed E-state index contributed by atoms with van der Waals surface area (Å²) < 4.78 is 3.85. The van der Waals surface area contributed by atoms with Gasteiger partial charge < -0.3 is 19.8 Å². The Balaban J connectivity index is 0.817. The van der Waals surface area contributed by atoms with E-state index in [-0.39, 0.29) is 36.7 Å². The second-order valence-corrected chi connectivity index (χ2v) is 12.2. The van der Waals surface area contributed by atoms with E-state index in [1.54, 1.807) is 30.7 Å². The SMILES string of the molecule is O=C1c2cccc3c(-n4cccc4)ccc(c23)C(=O)N1CCNCCCNCCN1C(=O)c2cccc3c(-n4ccnc4)ccc(c23)C1=O. The van der Waals surface area contributed by atoms with Gasteiger partial charge in [-0.2, -0.15) is 0 Å². The maximum Gasteiger partial charge on any atom is 0.261 e. The molecule has 11 heteroatoms. The summed E-state index contributed by atoms with van der Waals surface area (Å²) in [5.41, 5.74) is 3.90. The summed E-state index contributed by atoms with van der Waals surface area (Å²) in [4.78, 5) is 60.4. The second kappa shape index (κ2) is 12.6. The maximum atomic E-state index is 13.4. The average Bonchev–Trinajstić information content (AvgIpc) is 3.87. The number of nitrogens with zero attached hydrogens (tertiary/aromatic N) is 5. The van der Waals surface area contributed by atoms with Gasteiger partial charge in [-0.1, -0.05) is 24.3 Å². The quantitative estimate of drug-likeness (QED) is 0.148. The van der Waals surface area contributed by atoms with Crippen molar-refractivity contribution < 1.29 is 19.2 Å². The van der Waals surface area contributed by atoms with Gasteiger partial charge in [-0.25, -0.2) is 4.98 Å². The lowest BCUT2D eigenvalue weighted by atomic mass is 9.93. The molecule has 0 saturated carbocycles. The van der Waals surface area contributed by atoms with Gasteiger partial charge in [-0.05, 0) is 68.0 Å². The third kappa shape index (κ3) is 5.20. The molecule has 4 amide bonds. The molecule has 2 N–H and O–H groups in total. The van der Waals surface area contributed by atoms with Crippen molar-refractivity contribution in [2.24, 2.45) is 0 Å². The number of imidazole rings is 1. The van der Waals surface area contributed by atoms with E-state index in [2.05, 4.69) is 15.6 Å². The number of benzene rings is 4. The molecule has 49 heavy (non-hydrogen) atoms. The van der Waals surface area contributed by atoms with Crippen LogP contribution in [0.2, 0.25) is 0 Å². The molecule has 0 atom stereocenters. The first kappa shape index (κ1) is 30.4. The summed E-state index contributed by atoms with van der Waals surface area (Å²) in [5, 5.41) is 9.73. The van der Waals surface area contributed by atoms with Crippen molar-refractivity contribution in [1.82, 2.24) is 34.6 Å². The van der Waals surface area contributed by atoms with Gasteiger partial charge >= 0.3 is 0 Å². The van der Waals surface area contributed by atoms with Gasteiger partial charge in [0.15, 0.2) is 0 Å². The van der Waals surface area contributed by atoms with Crippen LogP contribution in [0.4, 0.5) is 0 Å². The number of nitrogens with one attached hydrogen (secondary N) is 2. The monoisotopic (exact) mass is 651 g/mol. The fraction of sp³-hybridized carbons (Fsp3) is 0.184. The largest absolute Gasteiger partial charge is 0.323 e. The van der Waals surface area contributed by atoms with E-state index in [1.165, 1.54) is 9.80 Å². The summed E-state index contributed by atoms with van der Waals surface area (Å²) in [6.45, 7) is 2.79. The van der Waals surface area contributed by atoms with Crippen molar-refractivity contribution in [2.45, 2.75) is 6.42 Å². The summed E-state index contributed by atoms with van der Waals surface area (Å²) in [6.07, 6.45) is 9.89. The van der Waals surface area contributed by atoms with Crippen LogP contribution in [-0.4, -0.2) is 86.8 Å². The number of carbonyl (C=O) groups is 4. The molecule has 6 aromatic rings. The zero-order valence-electron chi connectivity index (χ0n) is 26.6. The van der Waals surface area contributed by atoms with E-state index in [0.29, 0.717) is 59.2 Å². The van der Waals surface area contributed by atoms with Gasteiger partial charge in [-0.3, -0.25) is 29.0 Å². The first-order chi connectivity index (χ1) is 24.0. The van der Waals surface area contributed by atoms with Gasteiger partial charge in [0, 0.05) is 94.8 Å². The number of hydrogen-bond donors (Lipinski definition) is 2. The fourth-order valence-electron chi connectivity index (χ4n) is 6.98. The first-order valence-electron chi connectivity index (χ1n) is 16.4. The van der Waals surface area contributed by atoms with Gasteiger partial charge in [0.1, 0.15) is 0 Å². The average molecular weight is 652 g/mol. The number of carbonyl (C=O) groups excluding carboxylic acids is 4. The van der Waals surface area contributed by atoms with Crippen LogP contribution in [0, 0.1) is 0 Å². The molecule has 2 aromatic heterocycles. The molecule has 0 unspecified atom stereocenters. The molecule has 8 rings (SSSR count). The second-order valence-electron chi connectivity index (χ2n) is 12.2. The highest BCUT2D eigenvalue weighted by Crippen LogP contribution is 2.35. The van der Waals surface area contributed by atoms with Gasteiger partial charge in [0.05, 0.1) is 17.7 Å². The molecular weight excluding hydrogens is 618 g/mol. The molecule has 244 valence electrons. The minimum atomic E-state index is -0.295. The number of hydrogen-bond acceptors (Lipinski definition) is 7. The van der Waals surface area contributed by atoms with Crippen molar-refractivity contribution in [3.63, 3.8) is 0 Å². The minimum absolute atomic E-state index is 0.254. The van der Waals surface area contributed by atoms with Crippen molar-refractivity contribution >= 4 is 45.2 Å². The molecule has 0 radical (unpaired) electrons. The highest BCUT2D eigenvalue weighted by atomic mass is 16.2. The molecule has 4 aromatic carbocycles. The van der Waals surface area contributed by atoms with Crippen LogP contribution < -0.4 is 10.6 Å². The maximum absolute atomic E-state index is 13.4. The van der Waals surface area contributed by atoms with Crippen molar-refractivity contribution in [1.29, 1.82) is 0 Å². The standard InChI is InChI=1S/C38H33N7O4/c46-35-27-8-3-6-25-31(42-19-1-2-20-42)12-10-29(33(25)27)37(48)44(35)22-17-39-14-5-15-40-18-23-45-36(47)28-9-4-7-26-32(43-21-16-41-24-43)13-11-30(34(26)28)38(45)49/h1-4,6-13,16,19-21,24,39-40H,5,14-15,17-18,22-23H2. The molecule has 0 spiro atoms. The Morgan fingerprint density at radius 3 is 1.49 bits per heavy atom. The lowest BCUT2D eigenvalue weighted by molar-refractivity contribution is 0.0597. The fourth-order valence-corrected chi connectivity index (χ4v) is 6.98. The molecule has 0 fully saturated rings. The van der Waals surface area contributed by atoms with E-state index in [1.807, 2.05) is 82.3 Å². The first-order valence-corrected chi connectivity index (χ1v) is 16.4. The van der Waals surface area contributed by atoms with Crippen LogP contribution in [-0.2, 0) is 0 Å².